The first-order valence-electron chi connectivity index (χ1n) is 5.79. The number of carbonyl (C=O) groups is 1. The monoisotopic (exact) mass is 272 g/mol. The molecule has 0 radical (unpaired) electrons. The molecule has 0 fully saturated rings. The third-order valence-corrected chi connectivity index (χ3v) is 2.59. The summed E-state index contributed by atoms with van der Waals surface area (Å²) in [6.45, 7) is 2.07. The summed E-state index contributed by atoms with van der Waals surface area (Å²) in [5.74, 6) is -0.105. The van der Waals surface area contributed by atoms with Crippen molar-refractivity contribution in [3.05, 3.63) is 35.9 Å². The Morgan fingerprint density at radius 1 is 1.33 bits per heavy atom. The van der Waals surface area contributed by atoms with E-state index in [4.69, 9.17) is 0 Å². The summed E-state index contributed by atoms with van der Waals surface area (Å²) in [5.41, 5.74) is 1.06. The first-order chi connectivity index (χ1) is 8.13. The molecule has 0 bridgehead atoms. The Balaban J connectivity index is 0.00000289. The number of hydrogen-bond donors (Lipinski definition) is 3. The zero-order valence-corrected chi connectivity index (χ0v) is 11.5. The quantitative estimate of drug-likeness (QED) is 0.716. The second-order valence-electron chi connectivity index (χ2n) is 4.14. The Kier molecular flexibility index (Phi) is 8.37. The SMILES string of the molecule is CNCC(=O)NC(C)C(O)Cc1ccccc1.Cl. The van der Waals surface area contributed by atoms with E-state index >= 15 is 0 Å². The highest BCUT2D eigenvalue weighted by molar-refractivity contribution is 5.85. The van der Waals surface area contributed by atoms with Gasteiger partial charge in [0.1, 0.15) is 0 Å². The largest absolute Gasteiger partial charge is 0.391 e. The van der Waals surface area contributed by atoms with Gasteiger partial charge in [-0.3, -0.25) is 4.79 Å². The fraction of sp³-hybridized carbons (Fsp3) is 0.462. The van der Waals surface area contributed by atoms with Crippen LogP contribution in [0.15, 0.2) is 30.3 Å². The molecule has 3 N–H and O–H groups in total. The standard InChI is InChI=1S/C13H20N2O2.ClH/c1-10(15-13(17)9-14-2)12(16)8-11-6-4-3-5-7-11;/h3-7,10,12,14,16H,8-9H2,1-2H3,(H,15,17);1H. The van der Waals surface area contributed by atoms with Crippen LogP contribution in [0.1, 0.15) is 12.5 Å². The average molecular weight is 273 g/mol. The van der Waals surface area contributed by atoms with Crippen LogP contribution in [-0.2, 0) is 11.2 Å². The van der Waals surface area contributed by atoms with Gasteiger partial charge in [0, 0.05) is 6.42 Å². The predicted octanol–water partition coefficient (Wildman–Crippen LogP) is 0.736. The highest BCUT2D eigenvalue weighted by atomic mass is 35.5. The summed E-state index contributed by atoms with van der Waals surface area (Å²) in [5, 5.41) is 15.5. The van der Waals surface area contributed by atoms with Crippen molar-refractivity contribution in [1.29, 1.82) is 0 Å². The van der Waals surface area contributed by atoms with Gasteiger partial charge in [-0.25, -0.2) is 0 Å². The van der Waals surface area contributed by atoms with Gasteiger partial charge in [0.25, 0.3) is 0 Å². The average Bonchev–Trinajstić information content (AvgIpc) is 2.30. The van der Waals surface area contributed by atoms with E-state index in [9.17, 15) is 9.90 Å². The number of carbonyl (C=O) groups excluding carboxylic acids is 1. The van der Waals surface area contributed by atoms with Crippen molar-refractivity contribution in [1.82, 2.24) is 10.6 Å². The van der Waals surface area contributed by atoms with Gasteiger partial charge in [-0.2, -0.15) is 0 Å². The van der Waals surface area contributed by atoms with Crippen LogP contribution in [-0.4, -0.2) is 36.8 Å². The molecule has 0 heterocycles. The smallest absolute Gasteiger partial charge is 0.234 e. The third kappa shape index (κ3) is 6.00. The molecule has 2 atom stereocenters. The summed E-state index contributed by atoms with van der Waals surface area (Å²) in [7, 11) is 1.71. The maximum atomic E-state index is 11.3. The number of aliphatic hydroxyl groups is 1. The summed E-state index contributed by atoms with van der Waals surface area (Å²) in [6, 6.07) is 9.49. The number of benzene rings is 1. The van der Waals surface area contributed by atoms with E-state index in [-0.39, 0.29) is 30.9 Å². The van der Waals surface area contributed by atoms with Crippen LogP contribution >= 0.6 is 12.4 Å². The van der Waals surface area contributed by atoms with E-state index in [0.717, 1.165) is 5.56 Å². The molecule has 4 nitrogen and oxygen atoms in total. The highest BCUT2D eigenvalue weighted by Gasteiger charge is 2.16. The minimum atomic E-state index is -0.571. The molecule has 5 heteroatoms. The van der Waals surface area contributed by atoms with Gasteiger partial charge in [0.2, 0.25) is 5.91 Å². The number of likely N-dealkylation sites (N-methyl/N-ethyl adjacent to an activating group) is 1. The van der Waals surface area contributed by atoms with Crippen molar-refractivity contribution in [2.45, 2.75) is 25.5 Å². The van der Waals surface area contributed by atoms with E-state index in [2.05, 4.69) is 10.6 Å². The number of amides is 1. The lowest BCUT2D eigenvalue weighted by atomic mass is 10.0. The Bertz CT molecular complexity index is 346. The molecule has 18 heavy (non-hydrogen) atoms. The van der Waals surface area contributed by atoms with Crippen LogP contribution in [0.2, 0.25) is 0 Å². The van der Waals surface area contributed by atoms with Crippen LogP contribution < -0.4 is 10.6 Å². The molecule has 1 aromatic carbocycles. The van der Waals surface area contributed by atoms with Crippen LogP contribution in [0.3, 0.4) is 0 Å². The lowest BCUT2D eigenvalue weighted by Crippen LogP contribution is -2.44. The second-order valence-corrected chi connectivity index (χ2v) is 4.14. The second kappa shape index (κ2) is 8.91. The molecule has 0 aromatic heterocycles. The lowest BCUT2D eigenvalue weighted by Gasteiger charge is -2.20. The Morgan fingerprint density at radius 2 is 1.94 bits per heavy atom. The highest BCUT2D eigenvalue weighted by Crippen LogP contribution is 2.05. The molecule has 0 saturated carbocycles. The molecule has 0 aliphatic rings. The minimum Gasteiger partial charge on any atom is -0.391 e. The van der Waals surface area contributed by atoms with E-state index in [1.165, 1.54) is 0 Å². The summed E-state index contributed by atoms with van der Waals surface area (Å²) in [6.07, 6.45) is -0.0276. The van der Waals surface area contributed by atoms with Gasteiger partial charge >= 0.3 is 0 Å². The maximum Gasteiger partial charge on any atom is 0.234 e. The van der Waals surface area contributed by atoms with Crippen molar-refractivity contribution < 1.29 is 9.90 Å². The minimum absolute atomic E-state index is 0. The molecule has 0 aliphatic carbocycles. The van der Waals surface area contributed by atoms with Crippen molar-refractivity contribution in [2.24, 2.45) is 0 Å². The van der Waals surface area contributed by atoms with Crippen molar-refractivity contribution in [2.75, 3.05) is 13.6 Å². The number of halogens is 1. The molecular formula is C13H21ClN2O2. The molecule has 0 aliphatic heterocycles. The molecule has 1 amide bonds. The van der Waals surface area contributed by atoms with Crippen LogP contribution in [0, 0.1) is 0 Å². The molecule has 102 valence electrons. The predicted molar refractivity (Wildman–Crippen MR) is 74.9 cm³/mol. The fourth-order valence-electron chi connectivity index (χ4n) is 1.59. The van der Waals surface area contributed by atoms with Crippen molar-refractivity contribution >= 4 is 18.3 Å². The van der Waals surface area contributed by atoms with Gasteiger partial charge < -0.3 is 15.7 Å². The Labute approximate surface area is 114 Å². The first-order valence-corrected chi connectivity index (χ1v) is 5.79. The molecule has 1 rings (SSSR count). The Morgan fingerprint density at radius 3 is 2.50 bits per heavy atom. The summed E-state index contributed by atoms with van der Waals surface area (Å²) in [4.78, 5) is 11.3. The van der Waals surface area contributed by atoms with E-state index in [1.807, 2.05) is 30.3 Å². The normalized spacial score (nSPS) is 13.3. The zero-order valence-electron chi connectivity index (χ0n) is 10.7. The lowest BCUT2D eigenvalue weighted by molar-refractivity contribution is -0.121. The van der Waals surface area contributed by atoms with Gasteiger partial charge in [-0.15, -0.1) is 12.4 Å². The summed E-state index contributed by atoms with van der Waals surface area (Å²) >= 11 is 0. The van der Waals surface area contributed by atoms with E-state index in [0.29, 0.717) is 6.42 Å². The summed E-state index contributed by atoms with van der Waals surface area (Å²) < 4.78 is 0. The van der Waals surface area contributed by atoms with Crippen molar-refractivity contribution in [3.63, 3.8) is 0 Å². The van der Waals surface area contributed by atoms with Gasteiger partial charge in [0.15, 0.2) is 0 Å². The van der Waals surface area contributed by atoms with Crippen molar-refractivity contribution in [3.8, 4) is 0 Å². The molecule has 0 spiro atoms. The zero-order chi connectivity index (χ0) is 12.7. The van der Waals surface area contributed by atoms with E-state index in [1.54, 1.807) is 14.0 Å². The number of aliphatic hydroxyl groups excluding tert-OH is 1. The van der Waals surface area contributed by atoms with Crippen LogP contribution in [0.5, 0.6) is 0 Å². The van der Waals surface area contributed by atoms with Crippen LogP contribution in [0.25, 0.3) is 0 Å². The number of nitrogens with one attached hydrogen (secondary N) is 2. The van der Waals surface area contributed by atoms with Crippen LogP contribution in [0.4, 0.5) is 0 Å². The van der Waals surface area contributed by atoms with Gasteiger partial charge in [-0.05, 0) is 19.5 Å². The molecule has 2 unspecified atom stereocenters. The molecule has 1 aromatic rings. The first kappa shape index (κ1) is 16.9. The topological polar surface area (TPSA) is 61.4 Å². The number of rotatable bonds is 6. The maximum absolute atomic E-state index is 11.3. The Hall–Kier alpha value is -1.10. The molecular weight excluding hydrogens is 252 g/mol. The van der Waals surface area contributed by atoms with E-state index < -0.39 is 6.10 Å². The third-order valence-electron chi connectivity index (χ3n) is 2.59. The molecule has 0 saturated heterocycles. The van der Waals surface area contributed by atoms with Gasteiger partial charge in [-0.1, -0.05) is 30.3 Å². The fourth-order valence-corrected chi connectivity index (χ4v) is 1.59. The number of hydrogen-bond acceptors (Lipinski definition) is 3. The van der Waals surface area contributed by atoms with Gasteiger partial charge in [0.05, 0.1) is 18.7 Å².